The molecule has 1 heterocycles. The molecule has 1 amide bonds. The van der Waals surface area contributed by atoms with Crippen LogP contribution in [0.15, 0.2) is 29.5 Å². The predicted octanol–water partition coefficient (Wildman–Crippen LogP) is 0.1000. The van der Waals surface area contributed by atoms with Gasteiger partial charge in [-0.3, -0.25) is 4.79 Å². The average Bonchev–Trinajstić information content (AvgIpc) is 2.90. The van der Waals surface area contributed by atoms with E-state index in [1.165, 1.54) is 24.1 Å². The van der Waals surface area contributed by atoms with Crippen molar-refractivity contribution < 1.29 is 29.3 Å². The van der Waals surface area contributed by atoms with Crippen molar-refractivity contribution in [2.24, 2.45) is 0 Å². The first kappa shape index (κ1) is 18.3. The number of ether oxygens (including phenoxy) is 1. The Morgan fingerprint density at radius 1 is 1.36 bits per heavy atom. The highest BCUT2D eigenvalue weighted by molar-refractivity contribution is 6.09. The summed E-state index contributed by atoms with van der Waals surface area (Å²) in [6.07, 6.45) is 0. The summed E-state index contributed by atoms with van der Waals surface area (Å²) in [5.74, 6) is -2.27. The SMILES string of the molecule is CNc1c(NC2=C(C(=O)OC)CN(CCO)C2=O)cccc1C(=O)O. The zero-order valence-electron chi connectivity index (χ0n) is 13.8. The number of rotatable bonds is 7. The van der Waals surface area contributed by atoms with Crippen molar-refractivity contribution in [1.29, 1.82) is 0 Å². The van der Waals surface area contributed by atoms with Gasteiger partial charge in [0.1, 0.15) is 5.70 Å². The number of para-hydroxylation sites is 1. The number of carboxylic acid groups (broad SMARTS) is 1. The number of nitrogens with one attached hydrogen (secondary N) is 2. The van der Waals surface area contributed by atoms with Gasteiger partial charge in [-0.1, -0.05) is 6.07 Å². The van der Waals surface area contributed by atoms with Gasteiger partial charge >= 0.3 is 11.9 Å². The molecule has 9 heteroatoms. The lowest BCUT2D eigenvalue weighted by molar-refractivity contribution is -0.136. The maximum atomic E-state index is 12.5. The molecule has 0 bridgehead atoms. The van der Waals surface area contributed by atoms with Gasteiger partial charge in [0.2, 0.25) is 0 Å². The maximum absolute atomic E-state index is 12.5. The summed E-state index contributed by atoms with van der Waals surface area (Å²) in [5.41, 5.74) is 0.742. The summed E-state index contributed by atoms with van der Waals surface area (Å²) in [6.45, 7) is -0.176. The van der Waals surface area contributed by atoms with Crippen LogP contribution in [0.4, 0.5) is 11.4 Å². The molecule has 0 fully saturated rings. The number of nitrogens with zero attached hydrogens (tertiary/aromatic N) is 1. The lowest BCUT2D eigenvalue weighted by Gasteiger charge is -2.17. The molecule has 9 nitrogen and oxygen atoms in total. The molecule has 1 aromatic rings. The number of esters is 1. The Bertz CT molecular complexity index is 743. The Kier molecular flexibility index (Phi) is 5.60. The number of β-amino-alcohol motifs (C(OH)–C–C–N with tert-alkyl or cyclic N) is 1. The van der Waals surface area contributed by atoms with E-state index in [4.69, 9.17) is 9.84 Å². The summed E-state index contributed by atoms with van der Waals surface area (Å²) in [4.78, 5) is 37.1. The van der Waals surface area contributed by atoms with Crippen LogP contribution in [0.5, 0.6) is 0 Å². The predicted molar refractivity (Wildman–Crippen MR) is 89.3 cm³/mol. The molecule has 2 rings (SSSR count). The van der Waals surface area contributed by atoms with Gasteiger partial charge in [0.15, 0.2) is 0 Å². The molecular formula is C16H19N3O6. The molecule has 25 heavy (non-hydrogen) atoms. The molecule has 1 aliphatic rings. The normalized spacial score (nSPS) is 13.9. The second kappa shape index (κ2) is 7.67. The van der Waals surface area contributed by atoms with Gasteiger partial charge in [0.05, 0.1) is 42.8 Å². The Hall–Kier alpha value is -3.07. The minimum absolute atomic E-state index is 0.000612. The number of hydrogen-bond donors (Lipinski definition) is 4. The van der Waals surface area contributed by atoms with E-state index >= 15 is 0 Å². The maximum Gasteiger partial charge on any atom is 0.337 e. The topological polar surface area (TPSA) is 128 Å². The Balaban J connectivity index is 2.45. The number of carbonyl (C=O) groups excluding carboxylic acids is 2. The van der Waals surface area contributed by atoms with E-state index in [2.05, 4.69) is 10.6 Å². The van der Waals surface area contributed by atoms with Crippen LogP contribution in [0.3, 0.4) is 0 Å². The molecule has 0 radical (unpaired) electrons. The first-order valence-corrected chi connectivity index (χ1v) is 7.47. The quantitative estimate of drug-likeness (QED) is 0.510. The zero-order chi connectivity index (χ0) is 18.6. The summed E-state index contributed by atoms with van der Waals surface area (Å²) in [5, 5.41) is 23.9. The van der Waals surface area contributed by atoms with E-state index < -0.39 is 17.8 Å². The highest BCUT2D eigenvalue weighted by atomic mass is 16.5. The molecule has 0 aliphatic carbocycles. The van der Waals surface area contributed by atoms with E-state index in [1.54, 1.807) is 13.1 Å². The average molecular weight is 349 g/mol. The van der Waals surface area contributed by atoms with Gasteiger partial charge in [-0.05, 0) is 12.1 Å². The third-order valence-electron chi connectivity index (χ3n) is 3.76. The van der Waals surface area contributed by atoms with Gasteiger partial charge < -0.3 is 30.5 Å². The number of anilines is 2. The molecule has 0 saturated carbocycles. The molecule has 0 spiro atoms. The van der Waals surface area contributed by atoms with Crippen LogP contribution in [0.2, 0.25) is 0 Å². The Morgan fingerprint density at radius 2 is 2.08 bits per heavy atom. The highest BCUT2D eigenvalue weighted by Crippen LogP contribution is 2.30. The van der Waals surface area contributed by atoms with Crippen LogP contribution < -0.4 is 10.6 Å². The second-order valence-electron chi connectivity index (χ2n) is 5.20. The smallest absolute Gasteiger partial charge is 0.337 e. The van der Waals surface area contributed by atoms with Gasteiger partial charge in [0.25, 0.3) is 5.91 Å². The third-order valence-corrected chi connectivity index (χ3v) is 3.76. The van der Waals surface area contributed by atoms with Crippen LogP contribution in [0, 0.1) is 0 Å². The van der Waals surface area contributed by atoms with Crippen molar-refractivity contribution in [1.82, 2.24) is 4.90 Å². The van der Waals surface area contributed by atoms with E-state index in [9.17, 15) is 19.5 Å². The number of hydrogen-bond acceptors (Lipinski definition) is 7. The number of aromatic carboxylic acids is 1. The molecule has 0 saturated heterocycles. The second-order valence-corrected chi connectivity index (χ2v) is 5.20. The van der Waals surface area contributed by atoms with Crippen molar-refractivity contribution in [3.05, 3.63) is 35.0 Å². The van der Waals surface area contributed by atoms with Crippen LogP contribution in [0.1, 0.15) is 10.4 Å². The van der Waals surface area contributed by atoms with Crippen molar-refractivity contribution in [3.8, 4) is 0 Å². The van der Waals surface area contributed by atoms with Gasteiger partial charge in [-0.25, -0.2) is 9.59 Å². The fourth-order valence-corrected chi connectivity index (χ4v) is 2.59. The Labute approximate surface area is 143 Å². The zero-order valence-corrected chi connectivity index (χ0v) is 13.8. The monoisotopic (exact) mass is 349 g/mol. The largest absolute Gasteiger partial charge is 0.478 e. The number of amides is 1. The fourth-order valence-electron chi connectivity index (χ4n) is 2.59. The van der Waals surface area contributed by atoms with E-state index in [0.717, 1.165) is 0 Å². The lowest BCUT2D eigenvalue weighted by atomic mass is 10.1. The minimum atomic E-state index is -1.13. The Morgan fingerprint density at radius 3 is 2.64 bits per heavy atom. The van der Waals surface area contributed by atoms with Crippen LogP contribution in [0.25, 0.3) is 0 Å². The van der Waals surface area contributed by atoms with Crippen molar-refractivity contribution in [2.75, 3.05) is 44.5 Å². The van der Waals surface area contributed by atoms with Gasteiger partial charge in [-0.2, -0.15) is 0 Å². The summed E-state index contributed by atoms with van der Waals surface area (Å²) < 4.78 is 4.71. The number of carboxylic acids is 1. The van der Waals surface area contributed by atoms with E-state index in [0.29, 0.717) is 5.69 Å². The number of aliphatic hydroxyl groups is 1. The molecule has 4 N–H and O–H groups in total. The number of aliphatic hydroxyl groups excluding tert-OH is 1. The molecule has 1 aromatic carbocycles. The molecular weight excluding hydrogens is 330 g/mol. The molecule has 134 valence electrons. The summed E-state index contributed by atoms with van der Waals surface area (Å²) >= 11 is 0. The number of carbonyl (C=O) groups is 3. The molecule has 1 aliphatic heterocycles. The first-order chi connectivity index (χ1) is 11.9. The van der Waals surface area contributed by atoms with Crippen LogP contribution >= 0.6 is 0 Å². The fraction of sp³-hybridized carbons (Fsp3) is 0.312. The summed E-state index contributed by atoms with van der Waals surface area (Å²) in [6, 6.07) is 4.53. The summed E-state index contributed by atoms with van der Waals surface area (Å²) in [7, 11) is 2.76. The molecule has 0 aromatic heterocycles. The van der Waals surface area contributed by atoms with Gasteiger partial charge in [-0.15, -0.1) is 0 Å². The molecule has 0 unspecified atom stereocenters. The molecule has 0 atom stereocenters. The number of methoxy groups -OCH3 is 1. The van der Waals surface area contributed by atoms with Crippen molar-refractivity contribution in [3.63, 3.8) is 0 Å². The van der Waals surface area contributed by atoms with Crippen molar-refractivity contribution >= 4 is 29.2 Å². The minimum Gasteiger partial charge on any atom is -0.478 e. The van der Waals surface area contributed by atoms with Crippen LogP contribution in [-0.4, -0.2) is 66.8 Å². The van der Waals surface area contributed by atoms with E-state index in [-0.39, 0.29) is 42.2 Å². The van der Waals surface area contributed by atoms with Crippen molar-refractivity contribution in [2.45, 2.75) is 0 Å². The third kappa shape index (κ3) is 3.56. The first-order valence-electron chi connectivity index (χ1n) is 7.47. The standard InChI is InChI=1S/C16H19N3O6/c1-17-12-9(15(22)23)4-3-5-11(12)18-13-10(16(24)25-2)8-19(6-7-20)14(13)21/h3-5,17-18,20H,6-8H2,1-2H3,(H,22,23). The number of benzene rings is 1. The van der Waals surface area contributed by atoms with Gasteiger partial charge in [0, 0.05) is 13.6 Å². The lowest BCUT2D eigenvalue weighted by Crippen LogP contribution is -2.31. The van der Waals surface area contributed by atoms with Crippen LogP contribution in [-0.2, 0) is 14.3 Å². The highest BCUT2D eigenvalue weighted by Gasteiger charge is 2.34. The van der Waals surface area contributed by atoms with E-state index in [1.807, 2.05) is 0 Å².